The lowest BCUT2D eigenvalue weighted by Gasteiger charge is -2.44. The average Bonchev–Trinajstić information content (AvgIpc) is 3.56. The number of piperidine rings is 1. The van der Waals surface area contributed by atoms with E-state index in [9.17, 15) is 9.50 Å². The molecular formula is C40H47F2N5O5. The molecule has 12 heteroatoms. The maximum atomic E-state index is 17.0. The van der Waals surface area contributed by atoms with Crippen molar-refractivity contribution in [2.75, 3.05) is 59.0 Å². The second kappa shape index (κ2) is 15.0. The first-order valence-electron chi connectivity index (χ1n) is 18.3. The number of benzene rings is 2. The minimum atomic E-state index is -0.793. The van der Waals surface area contributed by atoms with Crippen LogP contribution in [0.5, 0.6) is 17.6 Å². The third kappa shape index (κ3) is 6.70. The van der Waals surface area contributed by atoms with Gasteiger partial charge in [0.1, 0.15) is 34.0 Å². The number of hydrogen-bond donors (Lipinski definition) is 1. The highest BCUT2D eigenvalue weighted by Gasteiger charge is 2.47. The molecule has 2 aromatic heterocycles. The third-order valence-electron chi connectivity index (χ3n) is 11.3. The number of aromatic hydroxyl groups is 1. The smallest absolute Gasteiger partial charge is 0.319 e. The molecule has 0 bridgehead atoms. The van der Waals surface area contributed by atoms with E-state index in [0.29, 0.717) is 49.7 Å². The zero-order valence-electron chi connectivity index (χ0n) is 30.4. The highest BCUT2D eigenvalue weighted by atomic mass is 19.1. The summed E-state index contributed by atoms with van der Waals surface area (Å²) < 4.78 is 54.9. The van der Waals surface area contributed by atoms with Gasteiger partial charge in [0.15, 0.2) is 5.82 Å². The average molecular weight is 716 g/mol. The molecule has 4 aliphatic rings. The number of fused-ring (bicyclic) bond motifs is 3. The summed E-state index contributed by atoms with van der Waals surface area (Å²) in [7, 11) is 5.39. The second-order valence-electron chi connectivity index (χ2n) is 14.6. The Kier molecular flexibility index (Phi) is 10.4. The van der Waals surface area contributed by atoms with E-state index in [1.165, 1.54) is 50.6 Å². The molecule has 3 atom stereocenters. The van der Waals surface area contributed by atoms with Gasteiger partial charge in [-0.1, -0.05) is 18.4 Å². The maximum Gasteiger partial charge on any atom is 0.319 e. The molecule has 0 radical (unpaired) electrons. The van der Waals surface area contributed by atoms with Gasteiger partial charge in [0.2, 0.25) is 5.88 Å². The van der Waals surface area contributed by atoms with Gasteiger partial charge in [-0.15, -0.1) is 6.42 Å². The summed E-state index contributed by atoms with van der Waals surface area (Å²) in [6.45, 7) is 4.94. The van der Waals surface area contributed by atoms with E-state index in [0.717, 1.165) is 38.6 Å². The number of hydrogen-bond acceptors (Lipinski definition) is 10. The molecule has 3 unspecified atom stereocenters. The van der Waals surface area contributed by atoms with Crippen LogP contribution in [-0.2, 0) is 9.47 Å². The van der Waals surface area contributed by atoms with Crippen molar-refractivity contribution in [3.63, 3.8) is 0 Å². The van der Waals surface area contributed by atoms with Gasteiger partial charge in [0.05, 0.1) is 38.1 Å². The number of phenolic OH excluding ortho intramolecular Hbond substituents is 1. The number of rotatable bonds is 7. The number of morpholine rings is 1. The van der Waals surface area contributed by atoms with Crippen LogP contribution in [0.4, 0.5) is 14.6 Å². The second-order valence-corrected chi connectivity index (χ2v) is 14.6. The van der Waals surface area contributed by atoms with Gasteiger partial charge < -0.3 is 33.9 Å². The number of ether oxygens (including phenoxy) is 4. The van der Waals surface area contributed by atoms with E-state index in [-0.39, 0.29) is 62.3 Å². The van der Waals surface area contributed by atoms with E-state index in [2.05, 4.69) is 27.8 Å². The fraction of sp³-hybridized carbons (Fsp3) is 0.525. The van der Waals surface area contributed by atoms with Gasteiger partial charge in [-0.3, -0.25) is 0 Å². The number of likely N-dealkylation sites (tertiary alicyclic amines) is 1. The molecule has 4 fully saturated rings. The highest BCUT2D eigenvalue weighted by molar-refractivity contribution is 6.04. The number of methoxy groups -OCH3 is 2. The first-order chi connectivity index (χ1) is 25.2. The monoisotopic (exact) mass is 715 g/mol. The molecule has 0 spiro atoms. The molecule has 276 valence electrons. The summed E-state index contributed by atoms with van der Waals surface area (Å²) in [6, 6.07) is 5.94. The standard InChI is InChI=1S/C35H37F2N5O4.C5H10O/c1-5-23-25(36)10-9-21-16-22(43)17-24(27(21)23)30-29(37)31-28(33(38-30)44-4)32(42-14-15-45-20(2)18-42)40-34(39-31)46-19-35-11-6-8-26(35)41(3)13-7-12-35;1-6-5-3-2-4-5/h1,9-10,16-17,20,26,43H,6-8,11-15,18-19H2,2-4H3;5H,2-4H2,1H3. The number of phenols is 1. The first kappa shape index (κ1) is 36.1. The largest absolute Gasteiger partial charge is 0.508 e. The van der Waals surface area contributed by atoms with Gasteiger partial charge >= 0.3 is 6.01 Å². The number of terminal acetylenes is 1. The fourth-order valence-electron chi connectivity index (χ4n) is 8.48. The summed E-state index contributed by atoms with van der Waals surface area (Å²) in [4.78, 5) is 18.5. The molecule has 0 amide bonds. The van der Waals surface area contributed by atoms with Crippen molar-refractivity contribution in [2.45, 2.75) is 76.5 Å². The van der Waals surface area contributed by atoms with E-state index >= 15 is 4.39 Å². The van der Waals surface area contributed by atoms with Crippen molar-refractivity contribution >= 4 is 27.5 Å². The van der Waals surface area contributed by atoms with Crippen molar-refractivity contribution in [2.24, 2.45) is 5.41 Å². The third-order valence-corrected chi connectivity index (χ3v) is 11.3. The topological polar surface area (TPSA) is 102 Å². The van der Waals surface area contributed by atoms with Crippen LogP contribution < -0.4 is 14.4 Å². The Labute approximate surface area is 303 Å². The summed E-state index contributed by atoms with van der Waals surface area (Å²) >= 11 is 0. The summed E-state index contributed by atoms with van der Waals surface area (Å²) in [5, 5.41) is 11.6. The lowest BCUT2D eigenvalue weighted by Crippen LogP contribution is -2.50. The van der Waals surface area contributed by atoms with Gasteiger partial charge in [-0.2, -0.15) is 9.97 Å². The Hall–Kier alpha value is -4.31. The zero-order valence-corrected chi connectivity index (χ0v) is 30.4. The van der Waals surface area contributed by atoms with E-state index in [1.54, 1.807) is 7.11 Å². The molecule has 4 heterocycles. The molecule has 8 rings (SSSR count). The normalized spacial score (nSPS) is 23.4. The number of aromatic nitrogens is 3. The van der Waals surface area contributed by atoms with Crippen molar-refractivity contribution in [3.05, 3.63) is 41.5 Å². The minimum absolute atomic E-state index is 0.0191. The number of anilines is 1. The summed E-state index contributed by atoms with van der Waals surface area (Å²) in [5.74, 6) is 1.29. The summed E-state index contributed by atoms with van der Waals surface area (Å²) in [5.41, 5.74) is -0.223. The molecule has 4 aromatic rings. The van der Waals surface area contributed by atoms with Crippen molar-refractivity contribution in [3.8, 4) is 41.2 Å². The number of pyridine rings is 1. The van der Waals surface area contributed by atoms with E-state index in [4.69, 9.17) is 30.4 Å². The van der Waals surface area contributed by atoms with Crippen LogP contribution in [0, 0.1) is 29.4 Å². The van der Waals surface area contributed by atoms with Crippen molar-refractivity contribution in [1.82, 2.24) is 19.9 Å². The number of nitrogens with zero attached hydrogens (tertiary/aromatic N) is 5. The molecule has 52 heavy (non-hydrogen) atoms. The van der Waals surface area contributed by atoms with Gasteiger partial charge in [0.25, 0.3) is 0 Å². The lowest BCUT2D eigenvalue weighted by molar-refractivity contribution is 0.0132. The van der Waals surface area contributed by atoms with Crippen LogP contribution in [0.2, 0.25) is 0 Å². The first-order valence-corrected chi connectivity index (χ1v) is 18.3. The molecule has 2 saturated heterocycles. The quantitative estimate of drug-likeness (QED) is 0.204. The molecule has 2 aliphatic carbocycles. The van der Waals surface area contributed by atoms with Gasteiger partial charge in [0, 0.05) is 42.6 Å². The predicted octanol–water partition coefficient (Wildman–Crippen LogP) is 6.87. The van der Waals surface area contributed by atoms with Crippen LogP contribution in [0.1, 0.15) is 63.9 Å². The van der Waals surface area contributed by atoms with E-state index < -0.39 is 11.6 Å². The SMILES string of the molecule is C#Cc1c(F)ccc2cc(O)cc(-c3nc(OC)c4c(N5CCOC(C)C5)nc(OCC56CCCC5N(C)CCC6)nc4c3F)c12.COC1CCC1. The van der Waals surface area contributed by atoms with Crippen LogP contribution in [-0.4, -0.2) is 97.3 Å². The molecule has 2 saturated carbocycles. The van der Waals surface area contributed by atoms with E-state index in [1.807, 2.05) is 11.8 Å². The Morgan fingerprint density at radius 3 is 2.54 bits per heavy atom. The molecule has 2 aromatic carbocycles. The van der Waals surface area contributed by atoms with Gasteiger partial charge in [-0.05, 0) is 89.0 Å². The van der Waals surface area contributed by atoms with Crippen LogP contribution >= 0.6 is 0 Å². The predicted molar refractivity (Wildman–Crippen MR) is 196 cm³/mol. The Morgan fingerprint density at radius 1 is 1.04 bits per heavy atom. The van der Waals surface area contributed by atoms with Crippen molar-refractivity contribution in [1.29, 1.82) is 0 Å². The van der Waals surface area contributed by atoms with Crippen LogP contribution in [0.25, 0.3) is 32.9 Å². The van der Waals surface area contributed by atoms with Crippen molar-refractivity contribution < 1.29 is 32.8 Å². The molecule has 10 nitrogen and oxygen atoms in total. The van der Waals surface area contributed by atoms with Crippen LogP contribution in [0.3, 0.4) is 0 Å². The maximum absolute atomic E-state index is 17.0. The molecular weight excluding hydrogens is 668 g/mol. The number of halogens is 2. The zero-order chi connectivity index (χ0) is 36.6. The molecule has 2 aliphatic heterocycles. The van der Waals surface area contributed by atoms with Crippen LogP contribution in [0.15, 0.2) is 24.3 Å². The minimum Gasteiger partial charge on any atom is -0.508 e. The highest BCUT2D eigenvalue weighted by Crippen LogP contribution is 2.48. The lowest BCUT2D eigenvalue weighted by atomic mass is 9.76. The Morgan fingerprint density at radius 2 is 1.85 bits per heavy atom. The Bertz CT molecular complexity index is 2000. The summed E-state index contributed by atoms with van der Waals surface area (Å²) in [6.07, 6.45) is 15.6. The fourth-order valence-corrected chi connectivity index (χ4v) is 8.48. The Balaban J connectivity index is 0.000000638. The van der Waals surface area contributed by atoms with Gasteiger partial charge in [-0.25, -0.2) is 13.8 Å². The molecule has 1 N–H and O–H groups in total.